The van der Waals surface area contributed by atoms with Crippen molar-refractivity contribution >= 4 is 23.7 Å². The molecular weight excluding hydrogens is 484 g/mol. The lowest BCUT2D eigenvalue weighted by atomic mass is 9.63. The molecule has 6 nitrogen and oxygen atoms in total. The lowest BCUT2D eigenvalue weighted by molar-refractivity contribution is -0.138. The Morgan fingerprint density at radius 1 is 1.00 bits per heavy atom. The third kappa shape index (κ3) is 6.09. The van der Waals surface area contributed by atoms with Gasteiger partial charge in [0.15, 0.2) is 0 Å². The number of fused-ring (bicyclic) bond motifs is 1. The van der Waals surface area contributed by atoms with Gasteiger partial charge in [0.05, 0.1) is 18.3 Å². The molecule has 0 amide bonds. The summed E-state index contributed by atoms with van der Waals surface area (Å²) in [4.78, 5) is 24.6. The molecule has 0 atom stereocenters. The quantitative estimate of drug-likeness (QED) is 0.266. The summed E-state index contributed by atoms with van der Waals surface area (Å²) in [7, 11) is 0. The van der Waals surface area contributed by atoms with Gasteiger partial charge in [0.1, 0.15) is 11.4 Å². The largest absolute Gasteiger partial charge is 0.480 e. The maximum Gasteiger partial charge on any atom is 0.338 e. The number of ether oxygens (including phenoxy) is 1. The summed E-state index contributed by atoms with van der Waals surface area (Å²) in [6, 6.07) is 13.6. The highest BCUT2D eigenvalue weighted by Gasteiger charge is 2.37. The van der Waals surface area contributed by atoms with Crippen molar-refractivity contribution in [2.24, 2.45) is 0 Å². The Kier molecular flexibility index (Phi) is 7.30. The van der Waals surface area contributed by atoms with Gasteiger partial charge in [-0.2, -0.15) is 5.10 Å². The van der Waals surface area contributed by atoms with E-state index in [1.54, 1.807) is 44.3 Å². The van der Waals surface area contributed by atoms with Crippen LogP contribution in [0.1, 0.15) is 87.0 Å². The second-order valence-corrected chi connectivity index (χ2v) is 13.4. The summed E-state index contributed by atoms with van der Waals surface area (Å²) in [5.41, 5.74) is 5.68. The van der Waals surface area contributed by atoms with E-state index in [2.05, 4.69) is 51.0 Å². The maximum absolute atomic E-state index is 12.5. The number of carbonyl (C=O) groups is 2. The fourth-order valence-electron chi connectivity index (χ4n) is 4.72. The zero-order valence-corrected chi connectivity index (χ0v) is 23.3. The molecule has 0 fully saturated rings. The molecule has 1 aromatic heterocycles. The van der Waals surface area contributed by atoms with Crippen molar-refractivity contribution in [3.05, 3.63) is 82.7 Å². The van der Waals surface area contributed by atoms with Crippen LogP contribution in [0, 0.1) is 0 Å². The number of nitrogens with zero attached hydrogens (tertiary/aromatic N) is 2. The van der Waals surface area contributed by atoms with Gasteiger partial charge in [0.25, 0.3) is 0 Å². The SMILES string of the molecule is CC(C)(Sc1ccc(C(=O)OCc2cnn(Cc3ccc4c(c3)C(C)(C)CCC4(C)C)c2)cc1)C(=O)O. The van der Waals surface area contributed by atoms with Crippen LogP contribution in [0.3, 0.4) is 0 Å². The number of benzene rings is 2. The van der Waals surface area contributed by atoms with Crippen molar-refractivity contribution in [2.45, 2.75) is 88.0 Å². The van der Waals surface area contributed by atoms with E-state index in [0.717, 1.165) is 10.5 Å². The first-order valence-corrected chi connectivity index (χ1v) is 13.4. The second-order valence-electron chi connectivity index (χ2n) is 11.7. The minimum atomic E-state index is -0.950. The monoisotopic (exact) mass is 520 g/mol. The highest BCUT2D eigenvalue weighted by molar-refractivity contribution is 8.01. The summed E-state index contributed by atoms with van der Waals surface area (Å²) in [5, 5.41) is 13.8. The standard InChI is InChI=1S/C30H36N2O4S/c1-28(2)13-14-29(3,4)25-15-20(7-12-24(25)28)17-32-18-21(16-31-32)19-36-26(33)22-8-10-23(11-9-22)37-30(5,6)27(34)35/h7-12,15-16,18H,13-14,17,19H2,1-6H3,(H,34,35). The van der Waals surface area contributed by atoms with Gasteiger partial charge >= 0.3 is 11.9 Å². The van der Waals surface area contributed by atoms with Gasteiger partial charge in [-0.3, -0.25) is 9.48 Å². The predicted octanol–water partition coefficient (Wildman–Crippen LogP) is 6.59. The van der Waals surface area contributed by atoms with Crippen LogP contribution in [0.15, 0.2) is 59.8 Å². The van der Waals surface area contributed by atoms with E-state index in [1.165, 1.54) is 41.3 Å². The van der Waals surface area contributed by atoms with Gasteiger partial charge < -0.3 is 9.84 Å². The molecular formula is C30H36N2O4S. The average molecular weight is 521 g/mol. The lowest BCUT2D eigenvalue weighted by Gasteiger charge is -2.42. The molecule has 4 rings (SSSR count). The van der Waals surface area contributed by atoms with E-state index >= 15 is 0 Å². The van der Waals surface area contributed by atoms with E-state index in [-0.39, 0.29) is 17.4 Å². The third-order valence-electron chi connectivity index (χ3n) is 7.30. The number of carboxylic acids is 1. The minimum Gasteiger partial charge on any atom is -0.480 e. The number of hydrogen-bond acceptors (Lipinski definition) is 5. The molecule has 0 saturated carbocycles. The zero-order valence-electron chi connectivity index (χ0n) is 22.5. The number of aromatic nitrogens is 2. The molecule has 1 heterocycles. The molecule has 0 spiro atoms. The normalized spacial score (nSPS) is 16.2. The fraction of sp³-hybridized carbons (Fsp3) is 0.433. The van der Waals surface area contributed by atoms with Gasteiger partial charge in [0.2, 0.25) is 0 Å². The predicted molar refractivity (Wildman–Crippen MR) is 146 cm³/mol. The first-order chi connectivity index (χ1) is 17.3. The Balaban J connectivity index is 1.36. The van der Waals surface area contributed by atoms with Crippen LogP contribution in [0.25, 0.3) is 0 Å². The van der Waals surface area contributed by atoms with Gasteiger partial charge in [-0.25, -0.2) is 4.79 Å². The number of rotatable bonds is 8. The highest BCUT2D eigenvalue weighted by atomic mass is 32.2. The third-order valence-corrected chi connectivity index (χ3v) is 8.49. The summed E-state index contributed by atoms with van der Waals surface area (Å²) >= 11 is 1.23. The Morgan fingerprint density at radius 3 is 2.30 bits per heavy atom. The van der Waals surface area contributed by atoms with Crippen molar-refractivity contribution in [3.63, 3.8) is 0 Å². The number of carboxylic acid groups (broad SMARTS) is 1. The summed E-state index contributed by atoms with van der Waals surface area (Å²) in [6.45, 7) is 13.4. The molecule has 1 N–H and O–H groups in total. The van der Waals surface area contributed by atoms with E-state index in [4.69, 9.17) is 4.74 Å². The molecule has 37 heavy (non-hydrogen) atoms. The fourth-order valence-corrected chi connectivity index (χ4v) is 5.67. The number of aliphatic carboxylic acids is 1. The second kappa shape index (κ2) is 10.0. The van der Waals surface area contributed by atoms with Crippen LogP contribution in [0.4, 0.5) is 0 Å². The summed E-state index contributed by atoms with van der Waals surface area (Å²) in [5.74, 6) is -1.32. The summed E-state index contributed by atoms with van der Waals surface area (Å²) in [6.07, 6.45) is 6.01. The van der Waals surface area contributed by atoms with Crippen LogP contribution >= 0.6 is 11.8 Å². The van der Waals surface area contributed by atoms with E-state index in [0.29, 0.717) is 12.1 Å². The van der Waals surface area contributed by atoms with Crippen LogP contribution in [0.5, 0.6) is 0 Å². The van der Waals surface area contributed by atoms with Gasteiger partial charge in [-0.15, -0.1) is 11.8 Å². The topological polar surface area (TPSA) is 81.4 Å². The Labute approximate surface area is 223 Å². The number of esters is 1. The first-order valence-electron chi connectivity index (χ1n) is 12.6. The van der Waals surface area contributed by atoms with E-state index in [9.17, 15) is 14.7 Å². The molecule has 3 aromatic rings. The molecule has 1 aliphatic rings. The van der Waals surface area contributed by atoms with E-state index in [1.807, 2.05) is 10.9 Å². The molecule has 7 heteroatoms. The molecule has 0 saturated heterocycles. The van der Waals surface area contributed by atoms with Gasteiger partial charge in [-0.05, 0) is 78.5 Å². The zero-order chi connectivity index (χ0) is 27.0. The minimum absolute atomic E-state index is 0.132. The van der Waals surface area contributed by atoms with Crippen LogP contribution in [0.2, 0.25) is 0 Å². The maximum atomic E-state index is 12.5. The van der Waals surface area contributed by atoms with Crippen molar-refractivity contribution in [2.75, 3.05) is 0 Å². The van der Waals surface area contributed by atoms with Crippen LogP contribution in [-0.4, -0.2) is 31.6 Å². The molecule has 0 unspecified atom stereocenters. The van der Waals surface area contributed by atoms with Crippen molar-refractivity contribution in [1.29, 1.82) is 0 Å². The molecule has 196 valence electrons. The van der Waals surface area contributed by atoms with Crippen LogP contribution in [-0.2, 0) is 33.5 Å². The number of thioether (sulfide) groups is 1. The van der Waals surface area contributed by atoms with Crippen molar-refractivity contribution in [1.82, 2.24) is 9.78 Å². The lowest BCUT2D eigenvalue weighted by Crippen LogP contribution is -2.33. The Hall–Kier alpha value is -3.06. The Morgan fingerprint density at radius 2 is 1.65 bits per heavy atom. The molecule has 2 aromatic carbocycles. The molecule has 0 aliphatic heterocycles. The highest BCUT2D eigenvalue weighted by Crippen LogP contribution is 2.46. The Bertz CT molecular complexity index is 1310. The molecule has 0 radical (unpaired) electrons. The van der Waals surface area contributed by atoms with Crippen molar-refractivity contribution in [3.8, 4) is 0 Å². The van der Waals surface area contributed by atoms with Gasteiger partial charge in [-0.1, -0.05) is 45.9 Å². The summed E-state index contributed by atoms with van der Waals surface area (Å²) < 4.78 is 6.41. The number of carbonyl (C=O) groups excluding carboxylic acids is 1. The van der Waals surface area contributed by atoms with E-state index < -0.39 is 16.7 Å². The van der Waals surface area contributed by atoms with Gasteiger partial charge in [0, 0.05) is 16.7 Å². The number of hydrogen-bond donors (Lipinski definition) is 1. The average Bonchev–Trinajstić information content (AvgIpc) is 3.28. The molecule has 1 aliphatic carbocycles. The molecule has 0 bridgehead atoms. The first kappa shape index (κ1) is 27.0. The smallest absolute Gasteiger partial charge is 0.338 e. The van der Waals surface area contributed by atoms with Crippen molar-refractivity contribution < 1.29 is 19.4 Å². The van der Waals surface area contributed by atoms with Crippen LogP contribution < -0.4 is 0 Å².